The quantitative estimate of drug-likeness (QED) is 0.191. The Morgan fingerprint density at radius 1 is 0.941 bits per heavy atom. The molecule has 4 rings (SSSR count). The number of para-hydroxylation sites is 1. The molecule has 9 heteroatoms. The zero-order valence-corrected chi connectivity index (χ0v) is 21.2. The lowest BCUT2D eigenvalue weighted by Crippen LogP contribution is -2.54. The monoisotopic (exact) mass is 586 g/mol. The standard InChI is InChI=1S/C25H19IN2O5S/c1-31-21-14-15(13-20(26)22(21)32-2)12-19-23(29)27-25(34)28(24(19)30)16-8-10-18(11-9-16)33-17-6-4-3-5-7-17/h3-14H,1-2H3,(H,27,29,34). The van der Waals surface area contributed by atoms with Crippen LogP contribution < -0.4 is 24.4 Å². The first-order chi connectivity index (χ1) is 16.4. The molecule has 0 unspecified atom stereocenters. The summed E-state index contributed by atoms with van der Waals surface area (Å²) in [5.41, 5.74) is 1.06. The Bertz CT molecular complexity index is 1290. The van der Waals surface area contributed by atoms with Crippen LogP contribution in [0.1, 0.15) is 5.56 Å². The van der Waals surface area contributed by atoms with Gasteiger partial charge in [0.05, 0.1) is 23.5 Å². The summed E-state index contributed by atoms with van der Waals surface area (Å²) in [7, 11) is 3.07. The SMILES string of the molecule is COc1cc(C=C2C(=O)NC(=S)N(c3ccc(Oc4ccccc4)cc3)C2=O)cc(I)c1OC. The number of anilines is 1. The molecule has 1 aliphatic heterocycles. The lowest BCUT2D eigenvalue weighted by atomic mass is 10.1. The number of benzene rings is 3. The number of rotatable bonds is 6. The molecular formula is C25H19IN2O5S. The minimum absolute atomic E-state index is 0.00534. The molecule has 1 aliphatic rings. The third-order valence-electron chi connectivity index (χ3n) is 4.94. The van der Waals surface area contributed by atoms with E-state index in [4.69, 9.17) is 26.4 Å². The summed E-state index contributed by atoms with van der Waals surface area (Å²) in [5, 5.41) is 2.59. The second-order valence-corrected chi connectivity index (χ2v) is 8.65. The fourth-order valence-electron chi connectivity index (χ4n) is 3.37. The minimum Gasteiger partial charge on any atom is -0.493 e. The van der Waals surface area contributed by atoms with Crippen LogP contribution in [-0.4, -0.2) is 31.1 Å². The highest BCUT2D eigenvalue weighted by molar-refractivity contribution is 14.1. The van der Waals surface area contributed by atoms with Crippen LogP contribution in [0.2, 0.25) is 0 Å². The third kappa shape index (κ3) is 4.90. The van der Waals surface area contributed by atoms with E-state index >= 15 is 0 Å². The van der Waals surface area contributed by atoms with Crippen molar-refractivity contribution in [3.63, 3.8) is 0 Å². The van der Waals surface area contributed by atoms with Gasteiger partial charge in [0, 0.05) is 0 Å². The smallest absolute Gasteiger partial charge is 0.270 e. The van der Waals surface area contributed by atoms with E-state index in [1.807, 2.05) is 30.3 Å². The summed E-state index contributed by atoms with van der Waals surface area (Å²) < 4.78 is 17.3. The molecule has 3 aromatic carbocycles. The summed E-state index contributed by atoms with van der Waals surface area (Å²) in [6, 6.07) is 19.7. The Morgan fingerprint density at radius 2 is 1.62 bits per heavy atom. The molecule has 3 aromatic rings. The fourth-order valence-corrected chi connectivity index (χ4v) is 4.49. The van der Waals surface area contributed by atoms with E-state index in [1.54, 1.807) is 43.5 Å². The lowest BCUT2D eigenvalue weighted by molar-refractivity contribution is -0.122. The number of nitrogens with one attached hydrogen (secondary N) is 1. The Kier molecular flexibility index (Phi) is 7.13. The molecule has 0 saturated carbocycles. The molecule has 0 bridgehead atoms. The van der Waals surface area contributed by atoms with Crippen molar-refractivity contribution in [2.45, 2.75) is 0 Å². The van der Waals surface area contributed by atoms with E-state index in [1.165, 1.54) is 18.1 Å². The van der Waals surface area contributed by atoms with Gasteiger partial charge in [0.15, 0.2) is 16.6 Å². The average molecular weight is 586 g/mol. The lowest BCUT2D eigenvalue weighted by Gasteiger charge is -2.29. The van der Waals surface area contributed by atoms with Crippen LogP contribution in [0.5, 0.6) is 23.0 Å². The van der Waals surface area contributed by atoms with Gasteiger partial charge < -0.3 is 14.2 Å². The molecule has 0 spiro atoms. The van der Waals surface area contributed by atoms with Gasteiger partial charge in [0.2, 0.25) is 0 Å². The van der Waals surface area contributed by atoms with Crippen LogP contribution >= 0.6 is 34.8 Å². The van der Waals surface area contributed by atoms with Crippen molar-refractivity contribution in [2.75, 3.05) is 19.1 Å². The minimum atomic E-state index is -0.569. The second kappa shape index (κ2) is 10.2. The molecule has 1 fully saturated rings. The van der Waals surface area contributed by atoms with Gasteiger partial charge in [0.1, 0.15) is 17.1 Å². The summed E-state index contributed by atoms with van der Waals surface area (Å²) in [6.07, 6.45) is 1.50. The van der Waals surface area contributed by atoms with Crippen LogP contribution in [0, 0.1) is 3.57 Å². The number of hydrogen-bond acceptors (Lipinski definition) is 6. The van der Waals surface area contributed by atoms with Gasteiger partial charge in [0.25, 0.3) is 11.8 Å². The Labute approximate surface area is 215 Å². The summed E-state index contributed by atoms with van der Waals surface area (Å²) in [5.74, 6) is 1.26. The summed E-state index contributed by atoms with van der Waals surface area (Å²) in [4.78, 5) is 27.2. The molecule has 172 valence electrons. The van der Waals surface area contributed by atoms with Crippen molar-refractivity contribution in [1.82, 2.24) is 5.32 Å². The molecule has 0 atom stereocenters. The molecule has 0 aliphatic carbocycles. The van der Waals surface area contributed by atoms with E-state index < -0.39 is 11.8 Å². The highest BCUT2D eigenvalue weighted by Crippen LogP contribution is 2.34. The Hall–Kier alpha value is -3.44. The molecule has 2 amide bonds. The molecule has 0 aromatic heterocycles. The van der Waals surface area contributed by atoms with Gasteiger partial charge in [-0.15, -0.1) is 0 Å². The van der Waals surface area contributed by atoms with E-state index in [2.05, 4.69) is 27.9 Å². The van der Waals surface area contributed by atoms with Gasteiger partial charge >= 0.3 is 0 Å². The zero-order valence-electron chi connectivity index (χ0n) is 18.2. The number of nitrogens with zero attached hydrogens (tertiary/aromatic N) is 1. The number of carbonyl (C=O) groups excluding carboxylic acids is 2. The molecule has 1 N–H and O–H groups in total. The number of amides is 2. The van der Waals surface area contributed by atoms with E-state index in [-0.39, 0.29) is 10.7 Å². The number of carbonyl (C=O) groups is 2. The second-order valence-electron chi connectivity index (χ2n) is 7.11. The fraction of sp³-hybridized carbons (Fsp3) is 0.0800. The first-order valence-electron chi connectivity index (χ1n) is 10.1. The van der Waals surface area contributed by atoms with Crippen LogP contribution in [-0.2, 0) is 9.59 Å². The molecule has 7 nitrogen and oxygen atoms in total. The van der Waals surface area contributed by atoms with Crippen LogP contribution in [0.4, 0.5) is 5.69 Å². The van der Waals surface area contributed by atoms with Gasteiger partial charge in [-0.3, -0.25) is 19.8 Å². The van der Waals surface area contributed by atoms with Crippen molar-refractivity contribution in [2.24, 2.45) is 0 Å². The van der Waals surface area contributed by atoms with Crippen molar-refractivity contribution < 1.29 is 23.8 Å². The van der Waals surface area contributed by atoms with Crippen molar-refractivity contribution in [3.05, 3.63) is 81.4 Å². The van der Waals surface area contributed by atoms with Crippen molar-refractivity contribution in [3.8, 4) is 23.0 Å². The highest BCUT2D eigenvalue weighted by atomic mass is 127. The largest absolute Gasteiger partial charge is 0.493 e. The molecular weight excluding hydrogens is 567 g/mol. The molecule has 1 saturated heterocycles. The summed E-state index contributed by atoms with van der Waals surface area (Å²) in [6.45, 7) is 0. The topological polar surface area (TPSA) is 77.1 Å². The maximum absolute atomic E-state index is 13.3. The maximum atomic E-state index is 13.3. The van der Waals surface area contributed by atoms with E-state index in [0.29, 0.717) is 34.2 Å². The van der Waals surface area contributed by atoms with Gasteiger partial charge in [-0.25, -0.2) is 0 Å². The number of halogens is 1. The Balaban J connectivity index is 1.63. The number of hydrogen-bond donors (Lipinski definition) is 1. The predicted octanol–water partition coefficient (Wildman–Crippen LogP) is 4.93. The first-order valence-corrected chi connectivity index (χ1v) is 11.6. The van der Waals surface area contributed by atoms with Gasteiger partial charge in [-0.05, 0) is 95.0 Å². The molecule has 0 radical (unpaired) electrons. The number of methoxy groups -OCH3 is 2. The number of ether oxygens (including phenoxy) is 3. The van der Waals surface area contributed by atoms with Gasteiger partial charge in [-0.2, -0.15) is 0 Å². The van der Waals surface area contributed by atoms with E-state index in [0.717, 1.165) is 3.57 Å². The third-order valence-corrected chi connectivity index (χ3v) is 6.03. The van der Waals surface area contributed by atoms with Crippen LogP contribution in [0.3, 0.4) is 0 Å². The highest BCUT2D eigenvalue weighted by Gasteiger charge is 2.34. The first kappa shape index (κ1) is 23.7. The van der Waals surface area contributed by atoms with Crippen molar-refractivity contribution >= 4 is 63.5 Å². The van der Waals surface area contributed by atoms with Crippen LogP contribution in [0.25, 0.3) is 6.08 Å². The zero-order chi connectivity index (χ0) is 24.2. The normalized spacial score (nSPS) is 14.7. The number of thiocarbonyl (C=S) groups is 1. The average Bonchev–Trinajstić information content (AvgIpc) is 2.83. The predicted molar refractivity (Wildman–Crippen MR) is 141 cm³/mol. The summed E-state index contributed by atoms with van der Waals surface area (Å²) >= 11 is 7.39. The molecule has 34 heavy (non-hydrogen) atoms. The maximum Gasteiger partial charge on any atom is 0.270 e. The van der Waals surface area contributed by atoms with Crippen LogP contribution in [0.15, 0.2) is 72.3 Å². The van der Waals surface area contributed by atoms with Gasteiger partial charge in [-0.1, -0.05) is 18.2 Å². The van der Waals surface area contributed by atoms with E-state index in [9.17, 15) is 9.59 Å². The Morgan fingerprint density at radius 3 is 2.26 bits per heavy atom. The van der Waals surface area contributed by atoms with Crippen molar-refractivity contribution in [1.29, 1.82) is 0 Å². The molecule has 1 heterocycles.